The topological polar surface area (TPSA) is 64.7 Å². The highest BCUT2D eigenvalue weighted by Gasteiger charge is 2.19. The summed E-state index contributed by atoms with van der Waals surface area (Å²) in [4.78, 5) is 20.5. The SMILES string of the molecule is c1ccc(-c2ccc3c(c2)nc(-c2ccc(-c4nc(-c5ccccc5)nc(-c5ccc(-c6cccc7c6sc6ccccc67)cc5)n4)cc2)c2c4ccccc4oc32)cc1. The molecule has 280 valence electrons. The number of aromatic nitrogens is 4. The summed E-state index contributed by atoms with van der Waals surface area (Å²) in [6.07, 6.45) is 0. The van der Waals surface area contributed by atoms with E-state index in [1.54, 1.807) is 0 Å². The van der Waals surface area contributed by atoms with Crippen molar-refractivity contribution in [3.63, 3.8) is 0 Å². The molecule has 0 bridgehead atoms. The molecule has 5 nitrogen and oxygen atoms in total. The highest BCUT2D eigenvalue weighted by molar-refractivity contribution is 7.26. The fourth-order valence-corrected chi connectivity index (χ4v) is 9.62. The lowest BCUT2D eigenvalue weighted by Crippen LogP contribution is -2.00. The first-order chi connectivity index (χ1) is 29.7. The summed E-state index contributed by atoms with van der Waals surface area (Å²) >= 11 is 1.84. The lowest BCUT2D eigenvalue weighted by Gasteiger charge is -2.11. The van der Waals surface area contributed by atoms with Crippen LogP contribution in [0.2, 0.25) is 0 Å². The van der Waals surface area contributed by atoms with E-state index in [2.05, 4.69) is 146 Å². The van der Waals surface area contributed by atoms with Gasteiger partial charge in [0, 0.05) is 53.2 Å². The summed E-state index contributed by atoms with van der Waals surface area (Å²) in [5.41, 5.74) is 11.7. The minimum atomic E-state index is 0.599. The van der Waals surface area contributed by atoms with E-state index >= 15 is 0 Å². The van der Waals surface area contributed by atoms with E-state index in [9.17, 15) is 0 Å². The number of hydrogen-bond donors (Lipinski definition) is 0. The van der Waals surface area contributed by atoms with E-state index in [-0.39, 0.29) is 0 Å². The summed E-state index contributed by atoms with van der Waals surface area (Å²) in [7, 11) is 0. The molecule has 0 aliphatic heterocycles. The second kappa shape index (κ2) is 13.9. The standard InChI is InChI=1S/C54H32N4OS/c1-3-12-33(13-4-1)39-30-31-43-45(32-39)55-49(48-44-17-7-9-20-46(44)59-50(43)48)35-24-28-38(29-25-35)54-57-52(36-14-5-2-6-15-36)56-53(58-54)37-26-22-34(23-27-37)40-18-11-19-42-41-16-8-10-21-47(41)60-51(40)42/h1-32H. The zero-order chi connectivity index (χ0) is 39.6. The van der Waals surface area contributed by atoms with Gasteiger partial charge in [0.25, 0.3) is 0 Å². The molecule has 0 aliphatic carbocycles. The van der Waals surface area contributed by atoms with Gasteiger partial charge in [-0.15, -0.1) is 11.3 Å². The van der Waals surface area contributed by atoms with Crippen molar-refractivity contribution in [1.82, 2.24) is 19.9 Å². The minimum Gasteiger partial charge on any atom is -0.455 e. The van der Waals surface area contributed by atoms with Crippen LogP contribution >= 0.6 is 11.3 Å². The Bertz CT molecular complexity index is 3580. The molecule has 0 saturated heterocycles. The zero-order valence-electron chi connectivity index (χ0n) is 32.1. The average molecular weight is 785 g/mol. The second-order valence-corrected chi connectivity index (χ2v) is 16.0. The Morgan fingerprint density at radius 2 is 0.917 bits per heavy atom. The Labute approximate surface area is 348 Å². The molecular weight excluding hydrogens is 753 g/mol. The number of hydrogen-bond acceptors (Lipinski definition) is 6. The van der Waals surface area contributed by atoms with Gasteiger partial charge in [-0.25, -0.2) is 19.9 Å². The fourth-order valence-electron chi connectivity index (χ4n) is 8.38. The largest absolute Gasteiger partial charge is 0.455 e. The number of furan rings is 1. The van der Waals surface area contributed by atoms with Crippen molar-refractivity contribution in [2.24, 2.45) is 0 Å². The van der Waals surface area contributed by atoms with Crippen LogP contribution in [-0.4, -0.2) is 19.9 Å². The molecule has 0 saturated carbocycles. The maximum atomic E-state index is 6.57. The molecule has 0 radical (unpaired) electrons. The Kier molecular flexibility index (Phi) is 7.96. The third kappa shape index (κ3) is 5.76. The molecule has 0 fully saturated rings. The van der Waals surface area contributed by atoms with Crippen LogP contribution in [0.15, 0.2) is 199 Å². The molecule has 0 spiro atoms. The monoisotopic (exact) mass is 784 g/mol. The number of thiophene rings is 1. The van der Waals surface area contributed by atoms with E-state index in [1.807, 2.05) is 59.9 Å². The number of fused-ring (bicyclic) bond motifs is 8. The van der Waals surface area contributed by atoms with Crippen molar-refractivity contribution in [1.29, 1.82) is 0 Å². The Balaban J connectivity index is 0.957. The van der Waals surface area contributed by atoms with Crippen LogP contribution in [0.5, 0.6) is 0 Å². The van der Waals surface area contributed by atoms with Crippen LogP contribution in [0, 0.1) is 0 Å². The highest BCUT2D eigenvalue weighted by Crippen LogP contribution is 2.42. The van der Waals surface area contributed by atoms with Crippen LogP contribution in [0.3, 0.4) is 0 Å². The molecule has 8 aromatic carbocycles. The van der Waals surface area contributed by atoms with Crippen molar-refractivity contribution in [3.8, 4) is 67.7 Å². The first kappa shape index (κ1) is 34.3. The summed E-state index contributed by atoms with van der Waals surface area (Å²) < 4.78 is 9.16. The Hall–Kier alpha value is -7.80. The quantitative estimate of drug-likeness (QED) is 0.168. The van der Waals surface area contributed by atoms with Gasteiger partial charge in [0.05, 0.1) is 16.6 Å². The molecule has 0 amide bonds. The predicted molar refractivity (Wildman–Crippen MR) is 248 cm³/mol. The van der Waals surface area contributed by atoms with E-state index in [1.165, 1.54) is 25.7 Å². The third-order valence-electron chi connectivity index (χ3n) is 11.4. The van der Waals surface area contributed by atoms with Crippen LogP contribution in [0.25, 0.3) is 121 Å². The van der Waals surface area contributed by atoms with Gasteiger partial charge in [0.15, 0.2) is 17.5 Å². The molecule has 60 heavy (non-hydrogen) atoms. The van der Waals surface area contributed by atoms with E-state index in [0.717, 1.165) is 77.5 Å². The van der Waals surface area contributed by atoms with Crippen LogP contribution in [-0.2, 0) is 0 Å². The Morgan fingerprint density at radius 3 is 1.63 bits per heavy atom. The van der Waals surface area contributed by atoms with Crippen molar-refractivity contribution in [3.05, 3.63) is 194 Å². The molecule has 4 aromatic heterocycles. The Morgan fingerprint density at radius 1 is 0.367 bits per heavy atom. The number of benzene rings is 8. The molecule has 12 rings (SSSR count). The van der Waals surface area contributed by atoms with Gasteiger partial charge < -0.3 is 4.42 Å². The first-order valence-corrected chi connectivity index (χ1v) is 20.8. The van der Waals surface area contributed by atoms with Crippen LogP contribution < -0.4 is 0 Å². The van der Waals surface area contributed by atoms with Gasteiger partial charge >= 0.3 is 0 Å². The molecule has 4 heterocycles. The van der Waals surface area contributed by atoms with Gasteiger partial charge in [-0.05, 0) is 46.5 Å². The molecule has 6 heteroatoms. The number of pyridine rings is 1. The van der Waals surface area contributed by atoms with Crippen molar-refractivity contribution in [2.45, 2.75) is 0 Å². The normalized spacial score (nSPS) is 11.7. The van der Waals surface area contributed by atoms with E-state index in [0.29, 0.717) is 17.5 Å². The predicted octanol–water partition coefficient (Wildman–Crippen LogP) is 14.7. The molecule has 0 unspecified atom stereocenters. The molecule has 0 aliphatic rings. The van der Waals surface area contributed by atoms with Crippen LogP contribution in [0.4, 0.5) is 0 Å². The maximum absolute atomic E-state index is 6.57. The fraction of sp³-hybridized carbons (Fsp3) is 0. The van der Waals surface area contributed by atoms with Gasteiger partial charge in [-0.1, -0.05) is 170 Å². The summed E-state index contributed by atoms with van der Waals surface area (Å²) in [5, 5.41) is 5.60. The maximum Gasteiger partial charge on any atom is 0.164 e. The number of nitrogens with zero attached hydrogens (tertiary/aromatic N) is 4. The van der Waals surface area contributed by atoms with E-state index < -0.39 is 0 Å². The van der Waals surface area contributed by atoms with Crippen LogP contribution in [0.1, 0.15) is 0 Å². The van der Waals surface area contributed by atoms with Gasteiger partial charge in [-0.3, -0.25) is 0 Å². The smallest absolute Gasteiger partial charge is 0.164 e. The molecular formula is C54H32N4OS. The zero-order valence-corrected chi connectivity index (χ0v) is 32.9. The lowest BCUT2D eigenvalue weighted by molar-refractivity contribution is 0.672. The molecule has 0 atom stereocenters. The van der Waals surface area contributed by atoms with Gasteiger partial charge in [-0.2, -0.15) is 0 Å². The first-order valence-electron chi connectivity index (χ1n) is 20.0. The van der Waals surface area contributed by atoms with Crippen molar-refractivity contribution >= 4 is 64.4 Å². The van der Waals surface area contributed by atoms with E-state index in [4.69, 9.17) is 24.4 Å². The average Bonchev–Trinajstić information content (AvgIpc) is 3.91. The summed E-state index contributed by atoms with van der Waals surface area (Å²) in [6, 6.07) is 67.3. The summed E-state index contributed by atoms with van der Waals surface area (Å²) in [6.45, 7) is 0. The number of para-hydroxylation sites is 1. The lowest BCUT2D eigenvalue weighted by atomic mass is 9.99. The van der Waals surface area contributed by atoms with Gasteiger partial charge in [0.2, 0.25) is 0 Å². The highest BCUT2D eigenvalue weighted by atomic mass is 32.1. The summed E-state index contributed by atoms with van der Waals surface area (Å²) in [5.74, 6) is 1.84. The molecule has 0 N–H and O–H groups in total. The third-order valence-corrected chi connectivity index (χ3v) is 12.6. The van der Waals surface area contributed by atoms with Gasteiger partial charge in [0.1, 0.15) is 11.2 Å². The van der Waals surface area contributed by atoms with Crippen molar-refractivity contribution in [2.75, 3.05) is 0 Å². The van der Waals surface area contributed by atoms with Crippen molar-refractivity contribution < 1.29 is 4.42 Å². The minimum absolute atomic E-state index is 0.599. The second-order valence-electron chi connectivity index (χ2n) is 15.0. The number of rotatable bonds is 6. The molecule has 12 aromatic rings.